The van der Waals surface area contributed by atoms with Crippen LogP contribution in [0.15, 0.2) is 45.4 Å². The Balaban J connectivity index is 1.15. The lowest BCUT2D eigenvalue weighted by Crippen LogP contribution is -2.38. The topological polar surface area (TPSA) is 111 Å². The summed E-state index contributed by atoms with van der Waals surface area (Å²) in [5, 5.41) is 6.19. The van der Waals surface area contributed by atoms with Crippen LogP contribution in [-0.2, 0) is 9.84 Å². The van der Waals surface area contributed by atoms with E-state index in [1.807, 2.05) is 17.5 Å². The third-order valence-corrected chi connectivity index (χ3v) is 8.89. The van der Waals surface area contributed by atoms with Crippen LogP contribution >= 0.6 is 11.3 Å². The molecule has 3 aromatic heterocycles. The van der Waals surface area contributed by atoms with Gasteiger partial charge in [0.05, 0.1) is 10.4 Å². The predicted molar refractivity (Wildman–Crippen MR) is 133 cm³/mol. The summed E-state index contributed by atoms with van der Waals surface area (Å²) in [5.41, 5.74) is 2.65. The highest BCUT2D eigenvalue weighted by molar-refractivity contribution is 7.90. The van der Waals surface area contributed by atoms with E-state index >= 15 is 0 Å². The fourth-order valence-electron chi connectivity index (χ4n) is 4.51. The van der Waals surface area contributed by atoms with E-state index in [0.29, 0.717) is 22.7 Å². The molecule has 2 aliphatic rings. The van der Waals surface area contributed by atoms with E-state index in [2.05, 4.69) is 25.0 Å². The standard InChI is InChI=1S/C24H25N5O4S2/c1-35(30,31)18-7-5-15(6-8-18)19-13-34-21-20(19)25-14-26-23(21)32-17-9-11-29(12-10-17)24-27-22(28-33-24)16-3-2-4-16/h5-8,13-14,16-17H,2-4,9-12H2,1H3. The van der Waals surface area contributed by atoms with Crippen molar-refractivity contribution in [2.24, 2.45) is 0 Å². The van der Waals surface area contributed by atoms with E-state index in [4.69, 9.17) is 9.26 Å². The zero-order valence-electron chi connectivity index (χ0n) is 19.3. The van der Waals surface area contributed by atoms with Crippen LogP contribution in [0.3, 0.4) is 0 Å². The first-order valence-corrected chi connectivity index (χ1v) is 14.5. The molecule has 0 N–H and O–H groups in total. The van der Waals surface area contributed by atoms with Crippen LogP contribution in [0.2, 0.25) is 0 Å². The molecule has 1 saturated carbocycles. The highest BCUT2D eigenvalue weighted by atomic mass is 32.2. The molecule has 0 bridgehead atoms. The van der Waals surface area contributed by atoms with Gasteiger partial charge in [0.2, 0.25) is 5.88 Å². The SMILES string of the molecule is CS(=O)(=O)c1ccc(-c2csc3c(OC4CCN(c5nc(C6CCC6)no5)CC4)ncnc23)cc1. The Morgan fingerprint density at radius 3 is 2.54 bits per heavy atom. The monoisotopic (exact) mass is 511 g/mol. The minimum Gasteiger partial charge on any atom is -0.473 e. The molecule has 0 radical (unpaired) electrons. The first kappa shape index (κ1) is 22.4. The molecule has 0 unspecified atom stereocenters. The summed E-state index contributed by atoms with van der Waals surface area (Å²) in [6, 6.07) is 7.48. The highest BCUT2D eigenvalue weighted by Crippen LogP contribution is 2.38. The van der Waals surface area contributed by atoms with Crippen molar-refractivity contribution in [2.45, 2.75) is 49.0 Å². The number of sulfone groups is 1. The van der Waals surface area contributed by atoms with Gasteiger partial charge in [-0.3, -0.25) is 0 Å². The maximum atomic E-state index is 11.8. The summed E-state index contributed by atoms with van der Waals surface area (Å²) in [6.45, 7) is 1.57. The normalized spacial score (nSPS) is 17.6. The van der Waals surface area contributed by atoms with Gasteiger partial charge in [-0.2, -0.15) is 4.98 Å². The number of aromatic nitrogens is 4. The van der Waals surface area contributed by atoms with Crippen molar-refractivity contribution in [3.8, 4) is 17.0 Å². The summed E-state index contributed by atoms with van der Waals surface area (Å²) >= 11 is 1.53. The number of benzene rings is 1. The maximum absolute atomic E-state index is 11.8. The molecule has 0 atom stereocenters. The number of ether oxygens (including phenoxy) is 1. The summed E-state index contributed by atoms with van der Waals surface area (Å²) in [7, 11) is -3.24. The van der Waals surface area contributed by atoms with E-state index in [-0.39, 0.29) is 6.10 Å². The summed E-state index contributed by atoms with van der Waals surface area (Å²) in [4.78, 5) is 15.9. The number of hydrogen-bond donors (Lipinski definition) is 0. The van der Waals surface area contributed by atoms with Crippen LogP contribution in [0.4, 0.5) is 6.01 Å². The minimum absolute atomic E-state index is 0.0398. The van der Waals surface area contributed by atoms with E-state index < -0.39 is 9.84 Å². The molecule has 35 heavy (non-hydrogen) atoms. The molecule has 1 saturated heterocycles. The van der Waals surface area contributed by atoms with E-state index in [1.165, 1.54) is 30.3 Å². The van der Waals surface area contributed by atoms with Gasteiger partial charge in [0.25, 0.3) is 0 Å². The van der Waals surface area contributed by atoms with E-state index in [0.717, 1.165) is 65.9 Å². The Morgan fingerprint density at radius 1 is 1.09 bits per heavy atom. The van der Waals surface area contributed by atoms with Crippen molar-refractivity contribution in [1.29, 1.82) is 0 Å². The second-order valence-electron chi connectivity index (χ2n) is 9.17. The van der Waals surface area contributed by atoms with Crippen LogP contribution in [0.25, 0.3) is 21.3 Å². The van der Waals surface area contributed by atoms with Crippen molar-refractivity contribution < 1.29 is 17.7 Å². The van der Waals surface area contributed by atoms with Crippen LogP contribution in [-0.4, -0.2) is 54.0 Å². The number of piperidine rings is 1. The second kappa shape index (κ2) is 8.87. The molecule has 4 aromatic rings. The molecule has 9 nitrogen and oxygen atoms in total. The average molecular weight is 512 g/mol. The number of rotatable bonds is 6. The number of anilines is 1. The van der Waals surface area contributed by atoms with Crippen molar-refractivity contribution in [1.82, 2.24) is 20.1 Å². The lowest BCUT2D eigenvalue weighted by molar-refractivity contribution is 0.164. The van der Waals surface area contributed by atoms with E-state index in [1.54, 1.807) is 12.1 Å². The molecule has 4 heterocycles. The van der Waals surface area contributed by atoms with Gasteiger partial charge >= 0.3 is 6.01 Å². The number of hydrogen-bond acceptors (Lipinski definition) is 10. The first-order valence-electron chi connectivity index (χ1n) is 11.7. The van der Waals surface area contributed by atoms with Crippen LogP contribution in [0, 0.1) is 0 Å². The molecule has 2 fully saturated rings. The molecule has 1 aromatic carbocycles. The van der Waals surface area contributed by atoms with Crippen molar-refractivity contribution in [3.63, 3.8) is 0 Å². The van der Waals surface area contributed by atoms with Crippen molar-refractivity contribution in [2.75, 3.05) is 24.2 Å². The number of nitrogens with zero attached hydrogens (tertiary/aromatic N) is 5. The van der Waals surface area contributed by atoms with Gasteiger partial charge in [0.15, 0.2) is 15.7 Å². The second-order valence-corrected chi connectivity index (χ2v) is 12.1. The van der Waals surface area contributed by atoms with Crippen molar-refractivity contribution >= 4 is 37.4 Å². The van der Waals surface area contributed by atoms with Gasteiger partial charge in [0, 0.05) is 49.0 Å². The summed E-state index contributed by atoms with van der Waals surface area (Å²) in [5.74, 6) is 1.89. The fourth-order valence-corrected chi connectivity index (χ4v) is 6.10. The lowest BCUT2D eigenvalue weighted by Gasteiger charge is -2.30. The largest absolute Gasteiger partial charge is 0.473 e. The molecule has 1 aliphatic heterocycles. The summed E-state index contributed by atoms with van der Waals surface area (Å²) in [6.07, 6.45) is 7.98. The van der Waals surface area contributed by atoms with Crippen LogP contribution < -0.4 is 9.64 Å². The van der Waals surface area contributed by atoms with Crippen LogP contribution in [0.5, 0.6) is 5.88 Å². The zero-order chi connectivity index (χ0) is 24.0. The molecule has 6 rings (SSSR count). The molecule has 11 heteroatoms. The zero-order valence-corrected chi connectivity index (χ0v) is 20.9. The van der Waals surface area contributed by atoms with Gasteiger partial charge in [-0.1, -0.05) is 23.7 Å². The molecule has 1 aliphatic carbocycles. The molecular weight excluding hydrogens is 486 g/mol. The Labute approximate surface area is 207 Å². The van der Waals surface area contributed by atoms with Crippen molar-refractivity contribution in [3.05, 3.63) is 41.8 Å². The van der Waals surface area contributed by atoms with Gasteiger partial charge in [-0.25, -0.2) is 18.4 Å². The molecule has 0 amide bonds. The Kier molecular flexibility index (Phi) is 5.68. The van der Waals surface area contributed by atoms with Gasteiger partial charge in [0.1, 0.15) is 17.1 Å². The third-order valence-electron chi connectivity index (χ3n) is 6.81. The Hall–Kier alpha value is -3.05. The quantitative estimate of drug-likeness (QED) is 0.370. The smallest absolute Gasteiger partial charge is 0.324 e. The van der Waals surface area contributed by atoms with E-state index in [9.17, 15) is 8.42 Å². The van der Waals surface area contributed by atoms with Crippen LogP contribution in [0.1, 0.15) is 43.8 Å². The number of thiophene rings is 1. The molecule has 0 spiro atoms. The number of fused-ring (bicyclic) bond motifs is 1. The highest BCUT2D eigenvalue weighted by Gasteiger charge is 2.29. The summed E-state index contributed by atoms with van der Waals surface area (Å²) < 4.78 is 36.3. The van der Waals surface area contributed by atoms with Gasteiger partial charge in [-0.05, 0) is 30.5 Å². The fraction of sp³-hybridized carbons (Fsp3) is 0.417. The molecule has 182 valence electrons. The first-order chi connectivity index (χ1) is 17.0. The molecular formula is C24H25N5O4S2. The maximum Gasteiger partial charge on any atom is 0.324 e. The average Bonchev–Trinajstić information content (AvgIpc) is 3.46. The lowest BCUT2D eigenvalue weighted by atomic mass is 9.85. The Bertz CT molecular complexity index is 1450. The Morgan fingerprint density at radius 2 is 1.86 bits per heavy atom. The minimum atomic E-state index is -3.24. The third kappa shape index (κ3) is 4.38. The van der Waals surface area contributed by atoms with Gasteiger partial charge in [-0.15, -0.1) is 11.3 Å². The predicted octanol–water partition coefficient (Wildman–Crippen LogP) is 4.46. The van der Waals surface area contributed by atoms with Gasteiger partial charge < -0.3 is 14.2 Å².